The van der Waals surface area contributed by atoms with Gasteiger partial charge in [0.05, 0.1) is 6.11 Å². The first-order valence-electron chi connectivity index (χ1n) is 6.04. The van der Waals surface area contributed by atoms with Gasteiger partial charge in [0.25, 0.3) is 0 Å². The Hall–Kier alpha value is -0.423. The smallest absolute Gasteiger partial charge is 0.244 e. The number of hydrogen-bond acceptors (Lipinski definition) is 1. The van der Waals surface area contributed by atoms with Crippen LogP contribution in [0.1, 0.15) is 47.0 Å². The molecular weight excluding hydrogens is 200 g/mol. The molecule has 0 heterocycles. The van der Waals surface area contributed by atoms with E-state index in [4.69, 9.17) is 4.43 Å². The molecule has 2 heteroatoms. The van der Waals surface area contributed by atoms with Gasteiger partial charge in [-0.3, -0.25) is 0 Å². The Bertz CT molecular complexity index is 217. The minimum atomic E-state index is -0.984. The van der Waals surface area contributed by atoms with Crippen LogP contribution < -0.4 is 0 Å². The van der Waals surface area contributed by atoms with Crippen LogP contribution in [0.5, 0.6) is 0 Å². The van der Waals surface area contributed by atoms with Crippen LogP contribution in [0.3, 0.4) is 0 Å². The lowest BCUT2D eigenvalue weighted by atomic mass is 9.78. The fraction of sp³-hybridized carbons (Fsp3) is 0.846. The van der Waals surface area contributed by atoms with Crippen LogP contribution in [0, 0.1) is 23.4 Å². The third-order valence-corrected chi connectivity index (χ3v) is 3.01. The van der Waals surface area contributed by atoms with Crippen molar-refractivity contribution in [1.29, 1.82) is 0 Å². The van der Waals surface area contributed by atoms with Gasteiger partial charge >= 0.3 is 0 Å². The van der Waals surface area contributed by atoms with E-state index in [0.717, 1.165) is 0 Å². The van der Waals surface area contributed by atoms with Gasteiger partial charge in [0.1, 0.15) is 0 Å². The van der Waals surface area contributed by atoms with Crippen LogP contribution in [-0.2, 0) is 4.43 Å². The molecule has 0 N–H and O–H groups in total. The molecule has 1 nitrogen and oxygen atoms in total. The van der Waals surface area contributed by atoms with Gasteiger partial charge < -0.3 is 4.43 Å². The van der Waals surface area contributed by atoms with Crippen LogP contribution in [0.15, 0.2) is 0 Å². The first kappa shape index (κ1) is 14.6. The van der Waals surface area contributed by atoms with Gasteiger partial charge in [0.2, 0.25) is 9.04 Å². The predicted octanol–water partition coefficient (Wildman–Crippen LogP) is 3.80. The summed E-state index contributed by atoms with van der Waals surface area (Å²) in [6.45, 7) is 13.3. The molecular formula is C13H26OSi. The molecule has 0 aliphatic rings. The molecule has 1 atom stereocenters. The van der Waals surface area contributed by atoms with Crippen molar-refractivity contribution in [2.24, 2.45) is 11.3 Å². The minimum absolute atomic E-state index is 0.268. The average Bonchev–Trinajstić information content (AvgIpc) is 2.08. The molecule has 0 aromatic carbocycles. The zero-order valence-electron chi connectivity index (χ0n) is 11.2. The Kier molecular flexibility index (Phi) is 6.76. The Morgan fingerprint density at radius 1 is 1.27 bits per heavy atom. The van der Waals surface area contributed by atoms with Crippen LogP contribution in [0.2, 0.25) is 13.1 Å². The van der Waals surface area contributed by atoms with Crippen molar-refractivity contribution >= 4 is 9.04 Å². The van der Waals surface area contributed by atoms with E-state index < -0.39 is 9.04 Å². The van der Waals surface area contributed by atoms with E-state index in [1.807, 2.05) is 0 Å². The first-order chi connectivity index (χ1) is 6.88. The van der Waals surface area contributed by atoms with E-state index >= 15 is 0 Å². The number of rotatable bonds is 4. The highest BCUT2D eigenvalue weighted by Crippen LogP contribution is 2.29. The van der Waals surface area contributed by atoms with Crippen LogP contribution in [0.25, 0.3) is 0 Å². The maximum absolute atomic E-state index is 5.43. The molecule has 0 bridgehead atoms. The summed E-state index contributed by atoms with van der Waals surface area (Å²) in [5, 5.41) is 0. The van der Waals surface area contributed by atoms with Gasteiger partial charge in [0.15, 0.2) is 0 Å². The maximum atomic E-state index is 5.43. The second kappa shape index (κ2) is 6.95. The van der Waals surface area contributed by atoms with E-state index in [0.29, 0.717) is 5.92 Å². The highest BCUT2D eigenvalue weighted by Gasteiger charge is 2.22. The van der Waals surface area contributed by atoms with Crippen LogP contribution in [0.4, 0.5) is 0 Å². The van der Waals surface area contributed by atoms with Crippen LogP contribution in [-0.4, -0.2) is 9.04 Å². The van der Waals surface area contributed by atoms with Gasteiger partial charge in [0, 0.05) is 5.92 Å². The van der Waals surface area contributed by atoms with E-state index in [-0.39, 0.29) is 5.41 Å². The molecule has 0 unspecified atom stereocenters. The topological polar surface area (TPSA) is 9.23 Å². The van der Waals surface area contributed by atoms with E-state index in [1.54, 1.807) is 0 Å². The van der Waals surface area contributed by atoms with E-state index in [1.165, 1.54) is 19.3 Å². The molecule has 0 spiro atoms. The third-order valence-electron chi connectivity index (χ3n) is 2.42. The second-order valence-electron chi connectivity index (χ2n) is 5.47. The molecule has 0 amide bonds. The molecule has 0 aliphatic heterocycles. The molecule has 0 saturated carbocycles. The highest BCUT2D eigenvalue weighted by atomic mass is 28.3. The SMILES string of the molecule is CCCC[C@@H](C#CO[SiH](C)C)C(C)(C)C. The van der Waals surface area contributed by atoms with Crippen molar-refractivity contribution in [2.45, 2.75) is 60.1 Å². The fourth-order valence-electron chi connectivity index (χ4n) is 1.35. The summed E-state index contributed by atoms with van der Waals surface area (Å²) < 4.78 is 5.43. The van der Waals surface area contributed by atoms with Gasteiger partial charge in [-0.1, -0.05) is 46.5 Å². The van der Waals surface area contributed by atoms with Gasteiger partial charge in [-0.15, -0.1) is 0 Å². The van der Waals surface area contributed by atoms with Crippen molar-refractivity contribution in [2.75, 3.05) is 0 Å². The summed E-state index contributed by atoms with van der Waals surface area (Å²) in [7, 11) is -0.984. The zero-order chi connectivity index (χ0) is 11.9. The molecule has 0 aromatic rings. The second-order valence-corrected chi connectivity index (χ2v) is 7.81. The Morgan fingerprint density at radius 2 is 1.87 bits per heavy atom. The molecule has 0 radical (unpaired) electrons. The summed E-state index contributed by atoms with van der Waals surface area (Å²) in [5.41, 5.74) is 0.268. The molecule has 0 aromatic heterocycles. The molecule has 0 aliphatic carbocycles. The lowest BCUT2D eigenvalue weighted by Crippen LogP contribution is -2.19. The Morgan fingerprint density at radius 3 is 2.27 bits per heavy atom. The summed E-state index contributed by atoms with van der Waals surface area (Å²) in [6, 6.07) is 0. The van der Waals surface area contributed by atoms with E-state index in [2.05, 4.69) is 52.8 Å². The van der Waals surface area contributed by atoms with Crippen molar-refractivity contribution < 1.29 is 4.43 Å². The number of unbranched alkanes of at least 4 members (excludes halogenated alkanes) is 1. The van der Waals surface area contributed by atoms with Crippen molar-refractivity contribution in [3.63, 3.8) is 0 Å². The van der Waals surface area contributed by atoms with Crippen molar-refractivity contribution in [3.05, 3.63) is 0 Å². The Labute approximate surface area is 97.3 Å². The average molecular weight is 226 g/mol. The number of hydrogen-bond donors (Lipinski definition) is 0. The summed E-state index contributed by atoms with van der Waals surface area (Å²) in [6.07, 6.45) is 6.61. The lowest BCUT2D eigenvalue weighted by Gasteiger charge is -2.25. The zero-order valence-corrected chi connectivity index (χ0v) is 12.3. The fourth-order valence-corrected chi connectivity index (χ4v) is 1.66. The monoisotopic (exact) mass is 226 g/mol. The molecule has 15 heavy (non-hydrogen) atoms. The largest absolute Gasteiger partial charge is 0.505 e. The van der Waals surface area contributed by atoms with Gasteiger partial charge in [-0.2, -0.15) is 0 Å². The van der Waals surface area contributed by atoms with Gasteiger partial charge in [-0.05, 0) is 24.9 Å². The standard InChI is InChI=1S/C13H26OSi/c1-7-8-9-12(13(2,3)4)10-11-14-15(5)6/h12,15H,7-9H2,1-6H3/t12-/m0/s1. The first-order valence-corrected chi connectivity index (χ1v) is 8.82. The Balaban J connectivity index is 4.28. The van der Waals surface area contributed by atoms with Crippen molar-refractivity contribution in [1.82, 2.24) is 0 Å². The molecule has 0 fully saturated rings. The molecule has 88 valence electrons. The summed E-state index contributed by atoms with van der Waals surface area (Å²) in [5.74, 6) is 3.75. The predicted molar refractivity (Wildman–Crippen MR) is 70.2 cm³/mol. The lowest BCUT2D eigenvalue weighted by molar-refractivity contribution is 0.281. The molecule has 0 saturated heterocycles. The van der Waals surface area contributed by atoms with E-state index in [9.17, 15) is 0 Å². The molecule has 0 rings (SSSR count). The van der Waals surface area contributed by atoms with Gasteiger partial charge in [-0.25, -0.2) is 0 Å². The summed E-state index contributed by atoms with van der Waals surface area (Å²) in [4.78, 5) is 0. The quantitative estimate of drug-likeness (QED) is 0.523. The third kappa shape index (κ3) is 7.50. The normalized spacial score (nSPS) is 13.3. The summed E-state index contributed by atoms with van der Waals surface area (Å²) >= 11 is 0. The maximum Gasteiger partial charge on any atom is 0.244 e. The van der Waals surface area contributed by atoms with Crippen LogP contribution >= 0.6 is 0 Å². The highest BCUT2D eigenvalue weighted by molar-refractivity contribution is 6.48. The van der Waals surface area contributed by atoms with Crippen molar-refractivity contribution in [3.8, 4) is 12.0 Å². The minimum Gasteiger partial charge on any atom is -0.505 e.